The molecule has 2 heterocycles. The van der Waals surface area contributed by atoms with E-state index in [0.717, 1.165) is 17.0 Å². The standard InChI is InChI=1S/C19H17ClN4OS/c1-12-11-16(14-7-4-3-5-8-14)24-19(22-12)26-13(2)18(25)23-15-9-6-10-21-17(15)20/h3-11,13H,1-2H3,(H,23,25)/t13-/m0/s1. The van der Waals surface area contributed by atoms with Crippen molar-refractivity contribution in [2.45, 2.75) is 24.3 Å². The third-order valence-corrected chi connectivity index (χ3v) is 4.83. The number of hydrogen-bond donors (Lipinski definition) is 1. The summed E-state index contributed by atoms with van der Waals surface area (Å²) in [5.74, 6) is -0.184. The number of nitrogens with one attached hydrogen (secondary N) is 1. The number of pyridine rings is 1. The first-order valence-electron chi connectivity index (χ1n) is 8.02. The molecule has 1 N–H and O–H groups in total. The molecule has 0 aliphatic heterocycles. The second-order valence-electron chi connectivity index (χ2n) is 5.63. The molecule has 0 bridgehead atoms. The summed E-state index contributed by atoms with van der Waals surface area (Å²) < 4.78 is 0. The molecule has 0 spiro atoms. The van der Waals surface area contributed by atoms with Gasteiger partial charge in [-0.1, -0.05) is 53.7 Å². The Morgan fingerprint density at radius 1 is 1.15 bits per heavy atom. The number of anilines is 1. The number of carbonyl (C=O) groups excluding carboxylic acids is 1. The van der Waals surface area contributed by atoms with Gasteiger partial charge < -0.3 is 5.32 Å². The molecule has 0 radical (unpaired) electrons. The van der Waals surface area contributed by atoms with Crippen LogP contribution in [0.15, 0.2) is 59.9 Å². The van der Waals surface area contributed by atoms with Crippen molar-refractivity contribution in [2.75, 3.05) is 5.32 Å². The minimum absolute atomic E-state index is 0.184. The third kappa shape index (κ3) is 4.59. The molecule has 0 unspecified atom stereocenters. The summed E-state index contributed by atoms with van der Waals surface area (Å²) in [4.78, 5) is 25.4. The number of hydrogen-bond acceptors (Lipinski definition) is 5. The molecule has 0 fully saturated rings. The fraction of sp³-hybridized carbons (Fsp3) is 0.158. The van der Waals surface area contributed by atoms with Crippen molar-refractivity contribution in [2.24, 2.45) is 0 Å². The lowest BCUT2D eigenvalue weighted by Gasteiger charge is -2.12. The number of carbonyl (C=O) groups is 1. The van der Waals surface area contributed by atoms with E-state index in [2.05, 4.69) is 20.3 Å². The number of aryl methyl sites for hydroxylation is 1. The van der Waals surface area contributed by atoms with Crippen LogP contribution in [0.5, 0.6) is 0 Å². The van der Waals surface area contributed by atoms with Crippen LogP contribution in [-0.4, -0.2) is 26.1 Å². The molecule has 1 atom stereocenters. The lowest BCUT2D eigenvalue weighted by Crippen LogP contribution is -2.23. The highest BCUT2D eigenvalue weighted by atomic mass is 35.5. The normalized spacial score (nSPS) is 11.8. The molecule has 26 heavy (non-hydrogen) atoms. The first-order valence-corrected chi connectivity index (χ1v) is 9.28. The number of amides is 1. The SMILES string of the molecule is Cc1cc(-c2ccccc2)nc(S[C@@H](C)C(=O)Nc2cccnc2Cl)n1. The monoisotopic (exact) mass is 384 g/mol. The second-order valence-corrected chi connectivity index (χ2v) is 7.30. The van der Waals surface area contributed by atoms with Gasteiger partial charge in [0.2, 0.25) is 5.91 Å². The summed E-state index contributed by atoms with van der Waals surface area (Å²) in [6, 6.07) is 15.2. The maximum Gasteiger partial charge on any atom is 0.237 e. The van der Waals surface area contributed by atoms with Crippen LogP contribution in [0.25, 0.3) is 11.3 Å². The minimum atomic E-state index is -0.392. The van der Waals surface area contributed by atoms with Gasteiger partial charge in [-0.25, -0.2) is 15.0 Å². The highest BCUT2D eigenvalue weighted by molar-refractivity contribution is 8.00. The van der Waals surface area contributed by atoms with Crippen LogP contribution in [0.1, 0.15) is 12.6 Å². The van der Waals surface area contributed by atoms with E-state index in [0.29, 0.717) is 10.8 Å². The van der Waals surface area contributed by atoms with Gasteiger partial charge in [-0.15, -0.1) is 0 Å². The van der Waals surface area contributed by atoms with E-state index in [1.165, 1.54) is 11.8 Å². The van der Waals surface area contributed by atoms with E-state index in [9.17, 15) is 4.79 Å². The van der Waals surface area contributed by atoms with E-state index < -0.39 is 5.25 Å². The zero-order valence-corrected chi connectivity index (χ0v) is 15.9. The average molecular weight is 385 g/mol. The van der Waals surface area contributed by atoms with Crippen LogP contribution in [-0.2, 0) is 4.79 Å². The van der Waals surface area contributed by atoms with Crippen molar-refractivity contribution in [3.05, 3.63) is 65.6 Å². The quantitative estimate of drug-likeness (QED) is 0.395. The van der Waals surface area contributed by atoms with Gasteiger partial charge in [0.05, 0.1) is 16.6 Å². The first-order chi connectivity index (χ1) is 12.5. The fourth-order valence-corrected chi connectivity index (χ4v) is 3.27. The van der Waals surface area contributed by atoms with Crippen LogP contribution in [0.2, 0.25) is 5.15 Å². The highest BCUT2D eigenvalue weighted by Gasteiger charge is 2.18. The maximum atomic E-state index is 12.4. The number of nitrogens with zero attached hydrogens (tertiary/aromatic N) is 3. The molecule has 0 aliphatic rings. The van der Waals surface area contributed by atoms with Crippen LogP contribution in [0, 0.1) is 6.92 Å². The third-order valence-electron chi connectivity index (χ3n) is 3.57. The van der Waals surface area contributed by atoms with Crippen LogP contribution < -0.4 is 5.32 Å². The predicted molar refractivity (Wildman–Crippen MR) is 105 cm³/mol. The fourth-order valence-electron chi connectivity index (χ4n) is 2.28. The average Bonchev–Trinajstić information content (AvgIpc) is 2.64. The Hall–Kier alpha value is -2.44. The van der Waals surface area contributed by atoms with Gasteiger partial charge in [0, 0.05) is 17.5 Å². The Morgan fingerprint density at radius 3 is 2.65 bits per heavy atom. The van der Waals surface area contributed by atoms with Gasteiger partial charge in [-0.3, -0.25) is 4.79 Å². The molecule has 3 aromatic rings. The summed E-state index contributed by atoms with van der Waals surface area (Å²) in [5, 5.41) is 3.21. The highest BCUT2D eigenvalue weighted by Crippen LogP contribution is 2.26. The van der Waals surface area contributed by atoms with Crippen molar-refractivity contribution in [3.8, 4) is 11.3 Å². The minimum Gasteiger partial charge on any atom is -0.322 e. The lowest BCUT2D eigenvalue weighted by molar-refractivity contribution is -0.115. The zero-order chi connectivity index (χ0) is 18.5. The van der Waals surface area contributed by atoms with E-state index in [-0.39, 0.29) is 11.1 Å². The first kappa shape index (κ1) is 18.4. The number of halogens is 1. The smallest absolute Gasteiger partial charge is 0.237 e. The van der Waals surface area contributed by atoms with E-state index in [1.54, 1.807) is 25.3 Å². The number of aromatic nitrogens is 3. The molecule has 0 aliphatic carbocycles. The largest absolute Gasteiger partial charge is 0.322 e. The van der Waals surface area contributed by atoms with Gasteiger partial charge in [0.25, 0.3) is 0 Å². The lowest BCUT2D eigenvalue weighted by atomic mass is 10.1. The summed E-state index contributed by atoms with van der Waals surface area (Å²) >= 11 is 7.29. The predicted octanol–water partition coefficient (Wildman–Crippen LogP) is 4.62. The molecular formula is C19H17ClN4OS. The van der Waals surface area contributed by atoms with E-state index in [1.807, 2.05) is 43.3 Å². The van der Waals surface area contributed by atoms with Gasteiger partial charge in [-0.05, 0) is 32.0 Å². The van der Waals surface area contributed by atoms with Crippen molar-refractivity contribution >= 4 is 35.0 Å². The molecule has 2 aromatic heterocycles. The number of rotatable bonds is 5. The summed E-state index contributed by atoms with van der Waals surface area (Å²) in [6.07, 6.45) is 1.57. The Bertz CT molecular complexity index is 920. The second kappa shape index (κ2) is 8.29. The van der Waals surface area contributed by atoms with Gasteiger partial charge >= 0.3 is 0 Å². The van der Waals surface area contributed by atoms with Crippen molar-refractivity contribution in [1.29, 1.82) is 0 Å². The molecule has 1 amide bonds. The summed E-state index contributed by atoms with van der Waals surface area (Å²) in [5.41, 5.74) is 3.19. The number of thioether (sulfide) groups is 1. The van der Waals surface area contributed by atoms with Crippen molar-refractivity contribution in [1.82, 2.24) is 15.0 Å². The summed E-state index contributed by atoms with van der Waals surface area (Å²) in [7, 11) is 0. The molecule has 5 nitrogen and oxygen atoms in total. The van der Waals surface area contributed by atoms with Crippen LogP contribution in [0.4, 0.5) is 5.69 Å². The Balaban J connectivity index is 1.75. The molecule has 1 aromatic carbocycles. The molecule has 3 rings (SSSR count). The topological polar surface area (TPSA) is 67.8 Å². The zero-order valence-electron chi connectivity index (χ0n) is 14.3. The Morgan fingerprint density at radius 2 is 1.92 bits per heavy atom. The van der Waals surface area contributed by atoms with Gasteiger partial charge in [-0.2, -0.15) is 0 Å². The van der Waals surface area contributed by atoms with Crippen LogP contribution >= 0.6 is 23.4 Å². The molecular weight excluding hydrogens is 368 g/mol. The van der Waals surface area contributed by atoms with Crippen molar-refractivity contribution in [3.63, 3.8) is 0 Å². The van der Waals surface area contributed by atoms with Crippen molar-refractivity contribution < 1.29 is 4.79 Å². The maximum absolute atomic E-state index is 12.4. The molecule has 0 saturated carbocycles. The number of benzene rings is 1. The van der Waals surface area contributed by atoms with Crippen LogP contribution in [0.3, 0.4) is 0 Å². The Kier molecular flexibility index (Phi) is 5.85. The molecule has 132 valence electrons. The molecule has 0 saturated heterocycles. The molecule has 7 heteroatoms. The van der Waals surface area contributed by atoms with Gasteiger partial charge in [0.15, 0.2) is 10.3 Å². The Labute approximate surface area is 161 Å². The summed E-state index contributed by atoms with van der Waals surface area (Å²) in [6.45, 7) is 3.72. The van der Waals surface area contributed by atoms with E-state index in [4.69, 9.17) is 11.6 Å². The van der Waals surface area contributed by atoms with Gasteiger partial charge in [0.1, 0.15) is 0 Å². The van der Waals surface area contributed by atoms with E-state index >= 15 is 0 Å².